The lowest BCUT2D eigenvalue weighted by Crippen LogP contribution is -2.42. The number of piperidine rings is 1. The van der Waals surface area contributed by atoms with E-state index < -0.39 is 0 Å². The van der Waals surface area contributed by atoms with Crippen molar-refractivity contribution in [2.75, 3.05) is 24.5 Å². The minimum absolute atomic E-state index is 0.241. The predicted octanol–water partition coefficient (Wildman–Crippen LogP) is 2.86. The number of aromatic amines is 1. The number of benzene rings is 1. The number of H-pyrrole nitrogens is 1. The van der Waals surface area contributed by atoms with Gasteiger partial charge in [-0.2, -0.15) is 0 Å². The van der Waals surface area contributed by atoms with Gasteiger partial charge in [0.1, 0.15) is 17.3 Å². The third-order valence-electron chi connectivity index (χ3n) is 5.93. The zero-order valence-corrected chi connectivity index (χ0v) is 16.0. The van der Waals surface area contributed by atoms with E-state index >= 15 is 0 Å². The molecule has 5 rings (SSSR count). The average molecular weight is 376 g/mol. The quantitative estimate of drug-likeness (QED) is 0.733. The van der Waals surface area contributed by atoms with Crippen LogP contribution in [0.15, 0.2) is 41.7 Å². The molecule has 1 fully saturated rings. The van der Waals surface area contributed by atoms with Crippen molar-refractivity contribution in [1.29, 1.82) is 0 Å². The van der Waals surface area contributed by atoms with Gasteiger partial charge >= 0.3 is 0 Å². The van der Waals surface area contributed by atoms with Crippen molar-refractivity contribution in [3.8, 4) is 5.75 Å². The van der Waals surface area contributed by atoms with Crippen LogP contribution in [0.5, 0.6) is 5.75 Å². The highest BCUT2D eigenvalue weighted by Gasteiger charge is 2.30. The number of ether oxygens (including phenoxy) is 1. The second-order valence-electron chi connectivity index (χ2n) is 7.98. The summed E-state index contributed by atoms with van der Waals surface area (Å²) in [5, 5.41) is 1.10. The molecule has 0 atom stereocenters. The molecule has 144 valence electrons. The number of aromatic nitrogens is 3. The van der Waals surface area contributed by atoms with E-state index in [1.54, 1.807) is 0 Å². The molecule has 3 N–H and O–H groups in total. The molecule has 2 aromatic heterocycles. The van der Waals surface area contributed by atoms with Crippen LogP contribution < -0.4 is 15.4 Å². The first-order chi connectivity index (χ1) is 13.6. The molecule has 3 aromatic rings. The Morgan fingerprint density at radius 3 is 2.93 bits per heavy atom. The second kappa shape index (κ2) is 6.60. The third-order valence-corrected chi connectivity index (χ3v) is 5.93. The van der Waals surface area contributed by atoms with Crippen LogP contribution in [-0.2, 0) is 6.54 Å². The number of hydrogen-bond donors (Lipinski definition) is 2. The Morgan fingerprint density at radius 1 is 1.25 bits per heavy atom. The van der Waals surface area contributed by atoms with Gasteiger partial charge in [-0.3, -0.25) is 0 Å². The first-order valence-corrected chi connectivity index (χ1v) is 9.74. The third kappa shape index (κ3) is 3.01. The smallest absolute Gasteiger partial charge is 0.243 e. The first-order valence-electron chi connectivity index (χ1n) is 9.74. The van der Waals surface area contributed by atoms with Gasteiger partial charge in [0.2, 0.25) is 5.90 Å². The zero-order chi connectivity index (χ0) is 19.1. The molecule has 0 bridgehead atoms. The summed E-state index contributed by atoms with van der Waals surface area (Å²) < 4.78 is 6.01. The number of anilines is 1. The maximum absolute atomic E-state index is 6.01. The van der Waals surface area contributed by atoms with E-state index in [1.807, 2.05) is 36.7 Å². The van der Waals surface area contributed by atoms with Crippen LogP contribution in [0.1, 0.15) is 31.2 Å². The molecule has 0 unspecified atom stereocenters. The molecular weight excluding hydrogens is 352 g/mol. The Hall–Kier alpha value is -2.93. The van der Waals surface area contributed by atoms with Gasteiger partial charge in [0.15, 0.2) is 0 Å². The Labute approximate surface area is 163 Å². The van der Waals surface area contributed by atoms with E-state index in [0.29, 0.717) is 12.4 Å². The summed E-state index contributed by atoms with van der Waals surface area (Å²) in [5.41, 5.74) is 8.86. The van der Waals surface area contributed by atoms with Crippen LogP contribution in [0.25, 0.3) is 10.9 Å². The molecule has 2 aliphatic rings. The molecule has 0 amide bonds. The van der Waals surface area contributed by atoms with Crippen molar-refractivity contribution >= 4 is 22.6 Å². The molecule has 0 radical (unpaired) electrons. The number of nitrogens with two attached hydrogens (primary N) is 1. The summed E-state index contributed by atoms with van der Waals surface area (Å²) in [7, 11) is 0. The number of rotatable bonds is 3. The Balaban J connectivity index is 1.32. The Bertz CT molecular complexity index is 1050. The van der Waals surface area contributed by atoms with Crippen molar-refractivity contribution in [2.24, 2.45) is 16.1 Å². The summed E-state index contributed by atoms with van der Waals surface area (Å²) in [5.74, 6) is 2.21. The summed E-state index contributed by atoms with van der Waals surface area (Å²) in [6, 6.07) is 7.95. The van der Waals surface area contributed by atoms with Crippen LogP contribution in [0.2, 0.25) is 0 Å². The maximum Gasteiger partial charge on any atom is 0.243 e. The fourth-order valence-electron chi connectivity index (χ4n) is 3.85. The van der Waals surface area contributed by atoms with Crippen LogP contribution in [0, 0.1) is 5.41 Å². The normalized spacial score (nSPS) is 18.2. The van der Waals surface area contributed by atoms with Crippen molar-refractivity contribution in [1.82, 2.24) is 15.0 Å². The number of hydrogen-bond acceptors (Lipinski definition) is 6. The monoisotopic (exact) mass is 376 g/mol. The summed E-state index contributed by atoms with van der Waals surface area (Å²) >= 11 is 0. The predicted molar refractivity (Wildman–Crippen MR) is 110 cm³/mol. The molecule has 0 aliphatic carbocycles. The molecule has 7 heteroatoms. The Morgan fingerprint density at radius 2 is 2.11 bits per heavy atom. The van der Waals surface area contributed by atoms with E-state index in [9.17, 15) is 0 Å². The summed E-state index contributed by atoms with van der Waals surface area (Å²) in [6.07, 6.45) is 5.91. The lowest BCUT2D eigenvalue weighted by molar-refractivity contribution is 0.258. The molecule has 4 heterocycles. The second-order valence-corrected chi connectivity index (χ2v) is 7.98. The fraction of sp³-hybridized carbons (Fsp3) is 0.381. The number of fused-ring (bicyclic) bond motifs is 2. The number of nitrogens with zero attached hydrogens (tertiary/aromatic N) is 4. The van der Waals surface area contributed by atoms with Gasteiger partial charge in [0, 0.05) is 30.2 Å². The topological polar surface area (TPSA) is 92.4 Å². The van der Waals surface area contributed by atoms with E-state index in [2.05, 4.69) is 26.8 Å². The number of aliphatic imine (C=N–C) groups is 1. The van der Waals surface area contributed by atoms with Crippen LogP contribution in [0.4, 0.5) is 5.82 Å². The molecule has 1 aromatic carbocycles. The standard InChI is InChI=1S/C21H24N6O/c1-21(13-22)5-8-27(9-6-21)18-12-24-19-17(26-18)11-25-20(19)28-15-2-3-16-14(10-15)4-7-23-16/h2-4,7,10,12,23H,5-6,8-9,11,13,22H2,1H3. The van der Waals surface area contributed by atoms with Crippen LogP contribution in [-0.4, -0.2) is 40.5 Å². The summed E-state index contributed by atoms with van der Waals surface area (Å²) in [4.78, 5) is 19.4. The van der Waals surface area contributed by atoms with Crippen molar-refractivity contribution in [2.45, 2.75) is 26.3 Å². The lowest BCUT2D eigenvalue weighted by Gasteiger charge is -2.39. The number of nitrogens with one attached hydrogen (secondary N) is 1. The largest absolute Gasteiger partial charge is 0.437 e. The minimum Gasteiger partial charge on any atom is -0.437 e. The maximum atomic E-state index is 6.01. The molecular formula is C21H24N6O. The van der Waals surface area contributed by atoms with Gasteiger partial charge in [0.05, 0.1) is 18.4 Å². The van der Waals surface area contributed by atoms with Gasteiger partial charge < -0.3 is 20.4 Å². The molecule has 1 saturated heterocycles. The first kappa shape index (κ1) is 17.2. The lowest BCUT2D eigenvalue weighted by atomic mass is 9.80. The highest BCUT2D eigenvalue weighted by Crippen LogP contribution is 2.32. The van der Waals surface area contributed by atoms with Crippen molar-refractivity contribution in [3.63, 3.8) is 0 Å². The van der Waals surface area contributed by atoms with Crippen molar-refractivity contribution in [3.05, 3.63) is 48.0 Å². The molecule has 0 saturated carbocycles. The average Bonchev–Trinajstić information content (AvgIpc) is 3.35. The Kier molecular flexibility index (Phi) is 4.05. The SMILES string of the molecule is CC1(CN)CCN(c2cnc3c(n2)CN=C3Oc2ccc3[nH]ccc3c2)CC1. The van der Waals surface area contributed by atoms with Crippen LogP contribution >= 0.6 is 0 Å². The fourth-order valence-corrected chi connectivity index (χ4v) is 3.85. The summed E-state index contributed by atoms with van der Waals surface area (Å²) in [6.45, 7) is 5.43. The molecule has 0 spiro atoms. The van der Waals surface area contributed by atoms with Gasteiger partial charge in [0.25, 0.3) is 0 Å². The van der Waals surface area contributed by atoms with E-state index in [0.717, 1.165) is 66.3 Å². The van der Waals surface area contributed by atoms with Crippen molar-refractivity contribution < 1.29 is 4.74 Å². The zero-order valence-electron chi connectivity index (χ0n) is 16.0. The van der Waals surface area contributed by atoms with Gasteiger partial charge in [-0.1, -0.05) is 6.92 Å². The van der Waals surface area contributed by atoms with Gasteiger partial charge in [-0.25, -0.2) is 15.0 Å². The highest BCUT2D eigenvalue weighted by molar-refractivity contribution is 5.97. The minimum atomic E-state index is 0.241. The van der Waals surface area contributed by atoms with Gasteiger partial charge in [-0.05, 0) is 49.1 Å². The van der Waals surface area contributed by atoms with E-state index in [-0.39, 0.29) is 5.41 Å². The van der Waals surface area contributed by atoms with E-state index in [1.165, 1.54) is 0 Å². The van der Waals surface area contributed by atoms with Gasteiger partial charge in [-0.15, -0.1) is 0 Å². The molecule has 28 heavy (non-hydrogen) atoms. The highest BCUT2D eigenvalue weighted by atomic mass is 16.5. The molecule has 7 nitrogen and oxygen atoms in total. The van der Waals surface area contributed by atoms with E-state index in [4.69, 9.17) is 15.5 Å². The van der Waals surface area contributed by atoms with Crippen LogP contribution in [0.3, 0.4) is 0 Å². The molecule has 2 aliphatic heterocycles.